The monoisotopic (exact) mass is 310 g/mol. The zero-order chi connectivity index (χ0) is 13.8. The van der Waals surface area contributed by atoms with E-state index < -0.39 is 0 Å². The summed E-state index contributed by atoms with van der Waals surface area (Å²) in [4.78, 5) is 22.9. The van der Waals surface area contributed by atoms with Crippen molar-refractivity contribution in [3.8, 4) is 0 Å². The summed E-state index contributed by atoms with van der Waals surface area (Å²) in [5.74, 6) is 0.562. The second kappa shape index (κ2) is 6.29. The van der Waals surface area contributed by atoms with Crippen molar-refractivity contribution in [2.75, 3.05) is 31.2 Å². The Kier molecular flexibility index (Phi) is 4.24. The Morgan fingerprint density at radius 1 is 1.05 bits per heavy atom. The highest BCUT2D eigenvalue weighted by Crippen LogP contribution is 2.23. The largest absolute Gasteiger partial charge is 0.378 e. The van der Waals surface area contributed by atoms with Crippen LogP contribution in [0.4, 0.5) is 5.95 Å². The minimum atomic E-state index is 0.167. The molecule has 0 aliphatic carbocycles. The van der Waals surface area contributed by atoms with Crippen LogP contribution in [0.25, 0.3) is 0 Å². The molecule has 0 bridgehead atoms. The van der Waals surface area contributed by atoms with E-state index in [-0.39, 0.29) is 5.28 Å². The van der Waals surface area contributed by atoms with Crippen LogP contribution in [0.5, 0.6) is 0 Å². The van der Waals surface area contributed by atoms with Gasteiger partial charge in [-0.2, -0.15) is 15.0 Å². The van der Waals surface area contributed by atoms with E-state index in [2.05, 4.69) is 24.9 Å². The van der Waals surface area contributed by atoms with Crippen molar-refractivity contribution in [2.45, 2.75) is 10.3 Å². The van der Waals surface area contributed by atoms with Crippen LogP contribution in [0.3, 0.4) is 0 Å². The van der Waals surface area contributed by atoms with Crippen LogP contribution in [-0.2, 0) is 4.74 Å². The van der Waals surface area contributed by atoms with E-state index in [9.17, 15) is 0 Å². The Bertz CT molecular complexity index is 580. The summed E-state index contributed by atoms with van der Waals surface area (Å²) in [5.41, 5.74) is 0. The first-order chi connectivity index (χ1) is 9.81. The molecule has 1 aliphatic rings. The first-order valence-electron chi connectivity index (χ1n) is 6.00. The first kappa shape index (κ1) is 13.5. The highest BCUT2D eigenvalue weighted by molar-refractivity contribution is 7.99. The van der Waals surface area contributed by atoms with Gasteiger partial charge in [-0.3, -0.25) is 0 Å². The van der Waals surface area contributed by atoms with Crippen molar-refractivity contribution in [2.24, 2.45) is 0 Å². The molecule has 1 aliphatic heterocycles. The Morgan fingerprint density at radius 3 is 2.55 bits per heavy atom. The van der Waals surface area contributed by atoms with Crippen LogP contribution in [0.2, 0.25) is 5.28 Å². The summed E-state index contributed by atoms with van der Waals surface area (Å²) in [6.45, 7) is 2.81. The topological polar surface area (TPSA) is 76.9 Å². The number of morpholine rings is 1. The molecule has 0 aromatic carbocycles. The molecule has 0 N–H and O–H groups in total. The average molecular weight is 311 g/mol. The van der Waals surface area contributed by atoms with E-state index in [1.807, 2.05) is 4.90 Å². The SMILES string of the molecule is Clc1nc(Sc2ncccn2)nc(N2CCOCC2)n1. The molecule has 3 rings (SSSR count). The van der Waals surface area contributed by atoms with Gasteiger partial charge in [0.25, 0.3) is 0 Å². The van der Waals surface area contributed by atoms with E-state index in [1.54, 1.807) is 18.5 Å². The van der Waals surface area contributed by atoms with Crippen molar-refractivity contribution < 1.29 is 4.74 Å². The summed E-state index contributed by atoms with van der Waals surface area (Å²) >= 11 is 7.21. The zero-order valence-corrected chi connectivity index (χ0v) is 12.0. The smallest absolute Gasteiger partial charge is 0.230 e. The minimum Gasteiger partial charge on any atom is -0.378 e. The molecule has 1 saturated heterocycles. The van der Waals surface area contributed by atoms with Gasteiger partial charge in [-0.05, 0) is 29.4 Å². The van der Waals surface area contributed by atoms with E-state index in [4.69, 9.17) is 16.3 Å². The Hall–Kier alpha value is -1.51. The molecule has 0 amide bonds. The quantitative estimate of drug-likeness (QED) is 0.785. The molecule has 104 valence electrons. The number of anilines is 1. The number of rotatable bonds is 3. The van der Waals surface area contributed by atoms with Gasteiger partial charge in [0, 0.05) is 25.5 Å². The number of ether oxygens (including phenoxy) is 1. The lowest BCUT2D eigenvalue weighted by Gasteiger charge is -2.26. The van der Waals surface area contributed by atoms with Gasteiger partial charge in [-0.1, -0.05) is 0 Å². The number of hydrogen-bond acceptors (Lipinski definition) is 8. The summed E-state index contributed by atoms with van der Waals surface area (Å²) < 4.78 is 5.31. The van der Waals surface area contributed by atoms with Gasteiger partial charge < -0.3 is 9.64 Å². The predicted molar refractivity (Wildman–Crippen MR) is 74.0 cm³/mol. The van der Waals surface area contributed by atoms with Crippen LogP contribution in [0, 0.1) is 0 Å². The molecule has 0 saturated carbocycles. The van der Waals surface area contributed by atoms with Crippen LogP contribution in [0.15, 0.2) is 28.8 Å². The second-order valence-corrected chi connectivity index (χ2v) is 5.19. The van der Waals surface area contributed by atoms with Crippen molar-refractivity contribution in [3.05, 3.63) is 23.7 Å². The van der Waals surface area contributed by atoms with Crippen molar-refractivity contribution >= 4 is 29.3 Å². The summed E-state index contributed by atoms with van der Waals surface area (Å²) in [5, 5.41) is 1.22. The minimum absolute atomic E-state index is 0.167. The van der Waals surface area contributed by atoms with Gasteiger partial charge in [0.1, 0.15) is 0 Å². The molecule has 0 atom stereocenters. The number of aromatic nitrogens is 5. The van der Waals surface area contributed by atoms with Gasteiger partial charge >= 0.3 is 0 Å². The van der Waals surface area contributed by atoms with Crippen LogP contribution >= 0.6 is 23.4 Å². The van der Waals surface area contributed by atoms with Crippen molar-refractivity contribution in [1.29, 1.82) is 0 Å². The highest BCUT2D eigenvalue weighted by Gasteiger charge is 2.16. The predicted octanol–water partition coefficient (Wildman–Crippen LogP) is 1.30. The normalized spacial score (nSPS) is 15.3. The third-order valence-electron chi connectivity index (χ3n) is 2.59. The lowest BCUT2D eigenvalue weighted by molar-refractivity contribution is 0.122. The number of nitrogens with zero attached hydrogens (tertiary/aromatic N) is 6. The van der Waals surface area contributed by atoms with E-state index in [1.165, 1.54) is 11.8 Å². The van der Waals surface area contributed by atoms with Crippen LogP contribution < -0.4 is 4.90 Å². The van der Waals surface area contributed by atoms with Gasteiger partial charge in [-0.15, -0.1) is 0 Å². The van der Waals surface area contributed by atoms with Gasteiger partial charge in [0.2, 0.25) is 16.4 Å². The molecule has 20 heavy (non-hydrogen) atoms. The van der Waals surface area contributed by atoms with E-state index in [0.717, 1.165) is 13.1 Å². The van der Waals surface area contributed by atoms with Crippen molar-refractivity contribution in [1.82, 2.24) is 24.9 Å². The second-order valence-electron chi connectivity index (χ2n) is 3.92. The maximum atomic E-state index is 5.96. The van der Waals surface area contributed by atoms with E-state index >= 15 is 0 Å². The summed E-state index contributed by atoms with van der Waals surface area (Å²) in [6, 6.07) is 1.75. The fourth-order valence-electron chi connectivity index (χ4n) is 1.69. The molecular formula is C11H11ClN6OS. The molecule has 0 radical (unpaired) electrons. The molecule has 0 spiro atoms. The van der Waals surface area contributed by atoms with Crippen molar-refractivity contribution in [3.63, 3.8) is 0 Å². The molecule has 0 unspecified atom stereocenters. The lowest BCUT2D eigenvalue weighted by Crippen LogP contribution is -2.37. The standard InChI is InChI=1S/C11H11ClN6OS/c12-8-15-9(18-4-6-19-7-5-18)17-11(16-8)20-10-13-2-1-3-14-10/h1-3H,4-7H2. The maximum absolute atomic E-state index is 5.96. The summed E-state index contributed by atoms with van der Waals surface area (Å²) in [6.07, 6.45) is 3.34. The number of halogens is 1. The molecule has 7 nitrogen and oxygen atoms in total. The Labute approximate surface area is 124 Å². The zero-order valence-electron chi connectivity index (χ0n) is 10.4. The maximum Gasteiger partial charge on any atom is 0.230 e. The summed E-state index contributed by atoms with van der Waals surface area (Å²) in [7, 11) is 0. The third-order valence-corrected chi connectivity index (χ3v) is 3.52. The Balaban J connectivity index is 1.82. The fraction of sp³-hybridized carbons (Fsp3) is 0.364. The van der Waals surface area contributed by atoms with Gasteiger partial charge in [-0.25, -0.2) is 9.97 Å². The van der Waals surface area contributed by atoms with Gasteiger partial charge in [0.15, 0.2) is 5.16 Å². The molecule has 2 aromatic rings. The van der Waals surface area contributed by atoms with Crippen LogP contribution in [0.1, 0.15) is 0 Å². The van der Waals surface area contributed by atoms with Crippen LogP contribution in [-0.4, -0.2) is 51.2 Å². The number of hydrogen-bond donors (Lipinski definition) is 0. The average Bonchev–Trinajstić information content (AvgIpc) is 2.49. The lowest BCUT2D eigenvalue weighted by atomic mass is 10.4. The fourth-order valence-corrected chi connectivity index (χ4v) is 2.55. The third kappa shape index (κ3) is 3.33. The highest BCUT2D eigenvalue weighted by atomic mass is 35.5. The Morgan fingerprint density at radius 2 is 1.80 bits per heavy atom. The van der Waals surface area contributed by atoms with E-state index in [0.29, 0.717) is 29.5 Å². The molecule has 3 heterocycles. The molecule has 1 fully saturated rings. The molecule has 9 heteroatoms. The molecular weight excluding hydrogens is 300 g/mol. The van der Waals surface area contributed by atoms with Gasteiger partial charge in [0.05, 0.1) is 13.2 Å². The first-order valence-corrected chi connectivity index (χ1v) is 7.20. The molecule has 2 aromatic heterocycles.